The number of aromatic nitrogens is 2. The van der Waals surface area contributed by atoms with Crippen molar-refractivity contribution in [2.24, 2.45) is 5.10 Å². The molecule has 0 bridgehead atoms. The first-order valence-corrected chi connectivity index (χ1v) is 12.9. The zero-order valence-corrected chi connectivity index (χ0v) is 23.0. The lowest BCUT2D eigenvalue weighted by Gasteiger charge is -2.12. The lowest BCUT2D eigenvalue weighted by Crippen LogP contribution is -2.22. The third-order valence-electron chi connectivity index (χ3n) is 5.08. The van der Waals surface area contributed by atoms with Gasteiger partial charge < -0.3 is 4.74 Å². The molecule has 1 aromatic heterocycles. The molecule has 0 spiro atoms. The molecular weight excluding hydrogens is 596 g/mol. The maximum Gasteiger partial charge on any atom is 0.282 e. The standard InChI is InChI=1S/C25H18BrCl4N3O2/c1-2-3-23-32-22-7-5-16(26)10-18(22)25(34)33(23)31-12-14-8-20(29)24(21(30)9-14)35-13-15-4-6-17(27)11-19(15)28/h4-12H,2-3,13H2,1H3. The van der Waals surface area contributed by atoms with E-state index >= 15 is 0 Å². The summed E-state index contributed by atoms with van der Waals surface area (Å²) in [5.74, 6) is 0.887. The fraction of sp³-hybridized carbons (Fsp3) is 0.160. The van der Waals surface area contributed by atoms with Crippen LogP contribution in [0.5, 0.6) is 5.75 Å². The quantitative estimate of drug-likeness (QED) is 0.198. The number of ether oxygens (including phenoxy) is 1. The fourth-order valence-corrected chi connectivity index (χ4v) is 4.84. The van der Waals surface area contributed by atoms with Crippen molar-refractivity contribution in [3.05, 3.63) is 100 Å². The molecule has 0 N–H and O–H groups in total. The summed E-state index contributed by atoms with van der Waals surface area (Å²) in [6.07, 6.45) is 2.93. The number of benzene rings is 3. The normalized spacial score (nSPS) is 11.5. The van der Waals surface area contributed by atoms with Crippen LogP contribution in [0.3, 0.4) is 0 Å². The Labute approximate surface area is 230 Å². The number of rotatable bonds is 7. The van der Waals surface area contributed by atoms with Crippen molar-refractivity contribution in [3.8, 4) is 5.75 Å². The molecule has 4 rings (SSSR count). The molecule has 35 heavy (non-hydrogen) atoms. The van der Waals surface area contributed by atoms with Crippen LogP contribution < -0.4 is 10.3 Å². The van der Waals surface area contributed by atoms with Gasteiger partial charge in [0.1, 0.15) is 12.4 Å². The smallest absolute Gasteiger partial charge is 0.282 e. The van der Waals surface area contributed by atoms with Gasteiger partial charge in [-0.3, -0.25) is 4.79 Å². The minimum absolute atomic E-state index is 0.164. The highest BCUT2D eigenvalue weighted by molar-refractivity contribution is 9.10. The first kappa shape index (κ1) is 26.0. The van der Waals surface area contributed by atoms with Gasteiger partial charge in [0.15, 0.2) is 5.75 Å². The number of nitrogens with zero attached hydrogens (tertiary/aromatic N) is 3. The molecule has 180 valence electrons. The Morgan fingerprint density at radius 1 is 1.03 bits per heavy atom. The Hall–Kier alpha value is -2.09. The molecule has 4 aromatic rings. The van der Waals surface area contributed by atoms with E-state index in [0.717, 1.165) is 16.5 Å². The average molecular weight is 614 g/mol. The van der Waals surface area contributed by atoms with Gasteiger partial charge in [0, 0.05) is 26.5 Å². The second-order valence-corrected chi connectivity index (χ2v) is 10.2. The SMILES string of the molecule is CCCc1nc2ccc(Br)cc2c(=O)n1N=Cc1cc(Cl)c(OCc2ccc(Cl)cc2Cl)c(Cl)c1. The van der Waals surface area contributed by atoms with Crippen molar-refractivity contribution in [2.75, 3.05) is 0 Å². The predicted molar refractivity (Wildman–Crippen MR) is 148 cm³/mol. The van der Waals surface area contributed by atoms with Crippen LogP contribution in [0.25, 0.3) is 10.9 Å². The Morgan fingerprint density at radius 3 is 2.46 bits per heavy atom. The molecule has 0 aliphatic rings. The van der Waals surface area contributed by atoms with Gasteiger partial charge in [0.2, 0.25) is 0 Å². The highest BCUT2D eigenvalue weighted by Crippen LogP contribution is 2.35. The van der Waals surface area contributed by atoms with Crippen molar-refractivity contribution in [1.29, 1.82) is 0 Å². The predicted octanol–water partition coefficient (Wildman–Crippen LogP) is 8.19. The van der Waals surface area contributed by atoms with Crippen LogP contribution in [-0.2, 0) is 13.0 Å². The third kappa shape index (κ3) is 6.01. The molecule has 0 fully saturated rings. The highest BCUT2D eigenvalue weighted by Gasteiger charge is 2.13. The third-order valence-corrected chi connectivity index (χ3v) is 6.72. The summed E-state index contributed by atoms with van der Waals surface area (Å²) < 4.78 is 7.92. The van der Waals surface area contributed by atoms with Crippen LogP contribution in [0, 0.1) is 0 Å². The number of hydrogen-bond acceptors (Lipinski definition) is 4. The van der Waals surface area contributed by atoms with Gasteiger partial charge in [-0.1, -0.05) is 75.3 Å². The Kier molecular flexibility index (Phi) is 8.40. The maximum absolute atomic E-state index is 13.2. The molecule has 0 aliphatic heterocycles. The molecule has 3 aromatic carbocycles. The summed E-state index contributed by atoms with van der Waals surface area (Å²) in [6.45, 7) is 2.18. The molecule has 0 saturated heterocycles. The molecular formula is C25H18BrCl4N3O2. The van der Waals surface area contributed by atoms with Crippen molar-refractivity contribution in [3.63, 3.8) is 0 Å². The van der Waals surface area contributed by atoms with Crippen molar-refractivity contribution < 1.29 is 4.74 Å². The van der Waals surface area contributed by atoms with Crippen LogP contribution in [-0.4, -0.2) is 15.9 Å². The van der Waals surface area contributed by atoms with Gasteiger partial charge in [0.25, 0.3) is 5.56 Å². The maximum atomic E-state index is 13.2. The number of hydrogen-bond donors (Lipinski definition) is 0. The molecule has 0 aliphatic carbocycles. The van der Waals surface area contributed by atoms with Crippen LogP contribution >= 0.6 is 62.3 Å². The number of aryl methyl sites for hydroxylation is 1. The van der Waals surface area contributed by atoms with Gasteiger partial charge in [-0.15, -0.1) is 0 Å². The van der Waals surface area contributed by atoms with Crippen LogP contribution in [0.1, 0.15) is 30.3 Å². The van der Waals surface area contributed by atoms with Gasteiger partial charge in [-0.25, -0.2) is 4.98 Å². The van der Waals surface area contributed by atoms with E-state index in [0.29, 0.717) is 54.6 Å². The monoisotopic (exact) mass is 611 g/mol. The molecule has 10 heteroatoms. The van der Waals surface area contributed by atoms with Crippen molar-refractivity contribution in [2.45, 2.75) is 26.4 Å². The van der Waals surface area contributed by atoms with Crippen LogP contribution in [0.4, 0.5) is 0 Å². The summed E-state index contributed by atoms with van der Waals surface area (Å²) in [6, 6.07) is 13.9. The van der Waals surface area contributed by atoms with E-state index in [1.54, 1.807) is 36.4 Å². The van der Waals surface area contributed by atoms with E-state index in [1.807, 2.05) is 19.1 Å². The van der Waals surface area contributed by atoms with Crippen LogP contribution in [0.15, 0.2) is 62.9 Å². The Bertz CT molecular complexity index is 1480. The topological polar surface area (TPSA) is 56.5 Å². The zero-order valence-electron chi connectivity index (χ0n) is 18.4. The summed E-state index contributed by atoms with van der Waals surface area (Å²) in [4.78, 5) is 17.8. The molecule has 1 heterocycles. The molecule has 0 amide bonds. The molecule has 0 saturated carbocycles. The molecule has 5 nitrogen and oxygen atoms in total. The summed E-state index contributed by atoms with van der Waals surface area (Å²) in [5.41, 5.74) is 1.71. The van der Waals surface area contributed by atoms with E-state index in [1.165, 1.54) is 10.9 Å². The first-order chi connectivity index (χ1) is 16.8. The zero-order chi connectivity index (χ0) is 25.1. The Morgan fingerprint density at radius 2 is 1.77 bits per heavy atom. The van der Waals surface area contributed by atoms with Gasteiger partial charge in [-0.05, 0) is 54.4 Å². The summed E-state index contributed by atoms with van der Waals surface area (Å²) >= 11 is 28.4. The van der Waals surface area contributed by atoms with Gasteiger partial charge in [0.05, 0.1) is 27.2 Å². The summed E-state index contributed by atoms with van der Waals surface area (Å²) in [7, 11) is 0. The van der Waals surface area contributed by atoms with E-state index in [9.17, 15) is 4.79 Å². The number of fused-ring (bicyclic) bond motifs is 1. The second-order valence-electron chi connectivity index (χ2n) is 7.64. The fourth-order valence-electron chi connectivity index (χ4n) is 3.40. The van der Waals surface area contributed by atoms with E-state index < -0.39 is 0 Å². The highest BCUT2D eigenvalue weighted by atomic mass is 79.9. The van der Waals surface area contributed by atoms with Crippen molar-refractivity contribution >= 4 is 79.5 Å². The van der Waals surface area contributed by atoms with Crippen LogP contribution in [0.2, 0.25) is 20.1 Å². The molecule has 0 unspecified atom stereocenters. The minimum atomic E-state index is -0.256. The van der Waals surface area contributed by atoms with Crippen molar-refractivity contribution in [1.82, 2.24) is 9.66 Å². The Balaban J connectivity index is 1.63. The molecule has 0 atom stereocenters. The summed E-state index contributed by atoms with van der Waals surface area (Å²) in [5, 5.41) is 6.50. The first-order valence-electron chi connectivity index (χ1n) is 10.6. The van der Waals surface area contributed by atoms with E-state index in [4.69, 9.17) is 51.1 Å². The van der Waals surface area contributed by atoms with E-state index in [-0.39, 0.29) is 12.2 Å². The van der Waals surface area contributed by atoms with Gasteiger partial charge in [-0.2, -0.15) is 9.78 Å². The van der Waals surface area contributed by atoms with Gasteiger partial charge >= 0.3 is 0 Å². The van der Waals surface area contributed by atoms with E-state index in [2.05, 4.69) is 26.0 Å². The lowest BCUT2D eigenvalue weighted by atomic mass is 10.2. The largest absolute Gasteiger partial charge is 0.486 e. The average Bonchev–Trinajstić information content (AvgIpc) is 2.80. The lowest BCUT2D eigenvalue weighted by molar-refractivity contribution is 0.306. The number of halogens is 5. The molecule has 0 radical (unpaired) electrons. The second kappa shape index (κ2) is 11.3. The minimum Gasteiger partial charge on any atom is -0.486 e.